The summed E-state index contributed by atoms with van der Waals surface area (Å²) in [7, 11) is -1.19. The normalized spacial score (nSPS) is 16.4. The van der Waals surface area contributed by atoms with Gasteiger partial charge in [-0.05, 0) is 42.3 Å². The van der Waals surface area contributed by atoms with Gasteiger partial charge >= 0.3 is 11.9 Å². The van der Waals surface area contributed by atoms with Crippen LogP contribution in [0.15, 0.2) is 47.4 Å². The van der Waals surface area contributed by atoms with E-state index in [2.05, 4.69) is 4.74 Å². The number of piperazine rings is 1. The lowest BCUT2D eigenvalue weighted by Gasteiger charge is -2.38. The Hall–Kier alpha value is -2.46. The average Bonchev–Trinajstić information content (AvgIpc) is 2.79. The molecule has 172 valence electrons. The number of carbonyl (C=O) groups excluding carboxylic acids is 2. The second-order valence-corrected chi connectivity index (χ2v) is 9.67. The zero-order chi connectivity index (χ0) is 23.5. The maximum Gasteiger partial charge on any atom is 0.337 e. The number of hydrogen-bond acceptors (Lipinski definition) is 7. The number of nitrogens with zero attached hydrogens (tertiary/aromatic N) is 2. The van der Waals surface area contributed by atoms with Gasteiger partial charge in [0.1, 0.15) is 6.04 Å². The molecule has 1 unspecified atom stereocenters. The number of hydrogen-bond donors (Lipinski definition) is 0. The van der Waals surface area contributed by atoms with Crippen molar-refractivity contribution in [1.82, 2.24) is 9.21 Å². The van der Waals surface area contributed by atoms with E-state index in [1.165, 1.54) is 36.7 Å². The maximum atomic E-state index is 13.2. The van der Waals surface area contributed by atoms with Crippen LogP contribution in [-0.4, -0.2) is 70.0 Å². The largest absolute Gasteiger partial charge is 0.468 e. The van der Waals surface area contributed by atoms with Crippen LogP contribution in [0.1, 0.15) is 27.5 Å². The van der Waals surface area contributed by atoms with Crippen LogP contribution >= 0.6 is 11.6 Å². The molecular formula is C22H25ClN2O6S. The summed E-state index contributed by atoms with van der Waals surface area (Å²) >= 11 is 6.31. The first kappa shape index (κ1) is 24.2. The second-order valence-electron chi connectivity index (χ2n) is 7.36. The molecule has 10 heteroatoms. The van der Waals surface area contributed by atoms with Gasteiger partial charge in [0, 0.05) is 31.2 Å². The summed E-state index contributed by atoms with van der Waals surface area (Å²) in [5.41, 5.74) is 1.36. The molecule has 0 N–H and O–H groups in total. The van der Waals surface area contributed by atoms with Crippen LogP contribution in [0.4, 0.5) is 0 Å². The lowest BCUT2D eigenvalue weighted by atomic mass is 10.0. The number of esters is 2. The smallest absolute Gasteiger partial charge is 0.337 e. The lowest BCUT2D eigenvalue weighted by molar-refractivity contribution is -0.147. The van der Waals surface area contributed by atoms with Gasteiger partial charge in [0.15, 0.2) is 0 Å². The van der Waals surface area contributed by atoms with Crippen LogP contribution in [0.2, 0.25) is 5.02 Å². The number of halogens is 1. The van der Waals surface area contributed by atoms with Gasteiger partial charge in [-0.15, -0.1) is 0 Å². The molecule has 32 heavy (non-hydrogen) atoms. The molecule has 1 fully saturated rings. The number of rotatable bonds is 6. The molecule has 1 heterocycles. The molecule has 1 atom stereocenters. The van der Waals surface area contributed by atoms with Gasteiger partial charge < -0.3 is 9.47 Å². The molecule has 0 aromatic heterocycles. The van der Waals surface area contributed by atoms with Crippen molar-refractivity contribution >= 4 is 33.6 Å². The minimum Gasteiger partial charge on any atom is -0.468 e. The molecule has 1 aliphatic heterocycles. The highest BCUT2D eigenvalue weighted by Crippen LogP contribution is 2.30. The van der Waals surface area contributed by atoms with E-state index < -0.39 is 28.0 Å². The molecule has 2 aromatic rings. The van der Waals surface area contributed by atoms with E-state index in [9.17, 15) is 18.0 Å². The van der Waals surface area contributed by atoms with Crippen molar-refractivity contribution in [3.05, 3.63) is 64.2 Å². The standard InChI is InChI=1S/C22H25ClN2O6S/c1-15-14-16(21(26)30-2)8-9-19(15)32(28,29)25-12-10-24(11-13-25)20(22(27)31-3)17-6-4-5-7-18(17)23/h4-9,14,20H,10-13H2,1-3H3. The Bertz CT molecular complexity index is 1110. The Morgan fingerprint density at radius 1 is 1.00 bits per heavy atom. The molecule has 8 nitrogen and oxygen atoms in total. The summed E-state index contributed by atoms with van der Waals surface area (Å²) in [6.45, 7) is 2.67. The first-order valence-electron chi connectivity index (χ1n) is 9.96. The SMILES string of the molecule is COC(=O)c1ccc(S(=O)(=O)N2CCN(C(C(=O)OC)c3ccccc3Cl)CC2)c(C)c1. The van der Waals surface area contributed by atoms with Gasteiger partial charge in [-0.2, -0.15) is 4.31 Å². The molecule has 0 radical (unpaired) electrons. The first-order chi connectivity index (χ1) is 15.2. The van der Waals surface area contributed by atoms with Gasteiger partial charge in [0.05, 0.1) is 24.7 Å². The Labute approximate surface area is 192 Å². The van der Waals surface area contributed by atoms with Crippen molar-refractivity contribution in [2.24, 2.45) is 0 Å². The first-order valence-corrected chi connectivity index (χ1v) is 11.8. The fraction of sp³-hybridized carbons (Fsp3) is 0.364. The van der Waals surface area contributed by atoms with Crippen molar-refractivity contribution in [2.45, 2.75) is 17.9 Å². The van der Waals surface area contributed by atoms with Gasteiger partial charge in [0.25, 0.3) is 0 Å². The molecule has 0 amide bonds. The summed E-state index contributed by atoms with van der Waals surface area (Å²) < 4.78 is 37.5. The highest BCUT2D eigenvalue weighted by atomic mass is 35.5. The van der Waals surface area contributed by atoms with Crippen LogP contribution in [0.25, 0.3) is 0 Å². The highest BCUT2D eigenvalue weighted by molar-refractivity contribution is 7.89. The van der Waals surface area contributed by atoms with Crippen molar-refractivity contribution in [2.75, 3.05) is 40.4 Å². The van der Waals surface area contributed by atoms with E-state index >= 15 is 0 Å². The number of sulfonamides is 1. The molecule has 3 rings (SSSR count). The summed E-state index contributed by atoms with van der Waals surface area (Å²) in [6.07, 6.45) is 0. The molecule has 2 aromatic carbocycles. The molecular weight excluding hydrogens is 456 g/mol. The van der Waals surface area contributed by atoms with Gasteiger partial charge in [-0.3, -0.25) is 4.90 Å². The molecule has 0 aliphatic carbocycles. The Morgan fingerprint density at radius 2 is 1.66 bits per heavy atom. The minimum atomic E-state index is -3.78. The van der Waals surface area contributed by atoms with Crippen LogP contribution in [0.3, 0.4) is 0 Å². The monoisotopic (exact) mass is 480 g/mol. The number of benzene rings is 2. The van der Waals surface area contributed by atoms with Crippen LogP contribution in [0, 0.1) is 6.92 Å². The zero-order valence-corrected chi connectivity index (χ0v) is 19.6. The topological polar surface area (TPSA) is 93.2 Å². The van der Waals surface area contributed by atoms with E-state index in [1.807, 2.05) is 4.90 Å². The van der Waals surface area contributed by atoms with Crippen molar-refractivity contribution in [3.8, 4) is 0 Å². The number of aryl methyl sites for hydroxylation is 1. The molecule has 0 spiro atoms. The Morgan fingerprint density at radius 3 is 2.22 bits per heavy atom. The molecule has 0 bridgehead atoms. The summed E-state index contributed by atoms with van der Waals surface area (Å²) in [4.78, 5) is 26.2. The summed E-state index contributed by atoms with van der Waals surface area (Å²) in [5.74, 6) is -0.984. The predicted octanol–water partition coefficient (Wildman–Crippen LogP) is 2.66. The third kappa shape index (κ3) is 4.80. The molecule has 1 saturated heterocycles. The van der Waals surface area contributed by atoms with Crippen LogP contribution in [0.5, 0.6) is 0 Å². The lowest BCUT2D eigenvalue weighted by Crippen LogP contribution is -2.51. The highest BCUT2D eigenvalue weighted by Gasteiger charge is 2.36. The van der Waals surface area contributed by atoms with Crippen LogP contribution < -0.4 is 0 Å². The number of ether oxygens (including phenoxy) is 2. The Kier molecular flexibility index (Phi) is 7.55. The number of methoxy groups -OCH3 is 2. The van der Waals surface area contributed by atoms with E-state index in [0.29, 0.717) is 29.2 Å². The van der Waals surface area contributed by atoms with Gasteiger partial charge in [-0.25, -0.2) is 18.0 Å². The average molecular weight is 481 g/mol. The fourth-order valence-electron chi connectivity index (χ4n) is 3.81. The zero-order valence-electron chi connectivity index (χ0n) is 18.1. The van der Waals surface area contributed by atoms with E-state index in [-0.39, 0.29) is 23.5 Å². The number of carbonyl (C=O) groups is 2. The molecule has 1 aliphatic rings. The Balaban J connectivity index is 1.80. The van der Waals surface area contributed by atoms with Crippen molar-refractivity contribution in [3.63, 3.8) is 0 Å². The maximum absolute atomic E-state index is 13.2. The van der Waals surface area contributed by atoms with Crippen molar-refractivity contribution in [1.29, 1.82) is 0 Å². The van der Waals surface area contributed by atoms with Gasteiger partial charge in [0.2, 0.25) is 10.0 Å². The second kappa shape index (κ2) is 9.99. The van der Waals surface area contributed by atoms with Crippen molar-refractivity contribution < 1.29 is 27.5 Å². The minimum absolute atomic E-state index is 0.134. The predicted molar refractivity (Wildman–Crippen MR) is 119 cm³/mol. The third-order valence-electron chi connectivity index (χ3n) is 5.48. The fourth-order valence-corrected chi connectivity index (χ4v) is 5.67. The quantitative estimate of drug-likeness (QED) is 0.587. The molecule has 0 saturated carbocycles. The van der Waals surface area contributed by atoms with E-state index in [0.717, 1.165) is 0 Å². The summed E-state index contributed by atoms with van der Waals surface area (Å²) in [5, 5.41) is 0.444. The third-order valence-corrected chi connectivity index (χ3v) is 7.88. The summed E-state index contributed by atoms with van der Waals surface area (Å²) in [6, 6.07) is 10.7. The van der Waals surface area contributed by atoms with E-state index in [1.54, 1.807) is 31.2 Å². The van der Waals surface area contributed by atoms with Gasteiger partial charge in [-0.1, -0.05) is 29.8 Å². The van der Waals surface area contributed by atoms with E-state index in [4.69, 9.17) is 16.3 Å². The van der Waals surface area contributed by atoms with Crippen LogP contribution in [-0.2, 0) is 24.3 Å².